The van der Waals surface area contributed by atoms with E-state index in [1.54, 1.807) is 51.1 Å². The molecular formula is C14H19NO5. The minimum absolute atomic E-state index is 0.177. The van der Waals surface area contributed by atoms with Gasteiger partial charge in [0.05, 0.1) is 11.2 Å². The van der Waals surface area contributed by atoms with Crippen LogP contribution in [0.25, 0.3) is 0 Å². The lowest BCUT2D eigenvalue weighted by Gasteiger charge is -2.25. The number of hydrogen-bond acceptors (Lipinski definition) is 6. The van der Waals surface area contributed by atoms with Gasteiger partial charge in [0.1, 0.15) is 12.0 Å². The average Bonchev–Trinajstić information content (AvgIpc) is 2.38. The molecule has 6 heteroatoms. The normalized spacial score (nSPS) is 13.7. The summed E-state index contributed by atoms with van der Waals surface area (Å²) in [5.41, 5.74) is 1.71. The average molecular weight is 281 g/mol. The van der Waals surface area contributed by atoms with Crippen LogP contribution in [0.1, 0.15) is 31.1 Å². The summed E-state index contributed by atoms with van der Waals surface area (Å²) < 4.78 is 5.20. The lowest BCUT2D eigenvalue weighted by molar-refractivity contribution is -0.153. The Balaban J connectivity index is 2.56. The summed E-state index contributed by atoms with van der Waals surface area (Å²) in [5.74, 6) is -0.645. The highest BCUT2D eigenvalue weighted by atomic mass is 16.7. The van der Waals surface area contributed by atoms with E-state index < -0.39 is 17.9 Å². The predicted octanol–water partition coefficient (Wildman–Crippen LogP) is 1.88. The molecule has 0 fully saturated rings. The fraction of sp³-hybridized carbons (Fsp3) is 0.357. The van der Waals surface area contributed by atoms with Crippen LogP contribution < -0.4 is 5.48 Å². The van der Waals surface area contributed by atoms with Crippen LogP contribution in [0.3, 0.4) is 0 Å². The van der Waals surface area contributed by atoms with E-state index in [0.717, 1.165) is 0 Å². The number of benzene rings is 1. The smallest absolute Gasteiger partial charge is 0.362 e. The second-order valence-corrected chi connectivity index (χ2v) is 5.02. The first-order chi connectivity index (χ1) is 9.33. The zero-order valence-corrected chi connectivity index (χ0v) is 11.7. The van der Waals surface area contributed by atoms with Crippen molar-refractivity contribution in [1.29, 1.82) is 0 Å². The van der Waals surface area contributed by atoms with Crippen LogP contribution in [0.2, 0.25) is 0 Å². The number of carbonyl (C=O) groups excluding carboxylic acids is 1. The van der Waals surface area contributed by atoms with Crippen LogP contribution in [-0.4, -0.2) is 28.1 Å². The van der Waals surface area contributed by atoms with Gasteiger partial charge in [-0.25, -0.2) is 10.3 Å². The maximum absolute atomic E-state index is 11.7. The molecule has 0 aliphatic rings. The van der Waals surface area contributed by atoms with Gasteiger partial charge in [0, 0.05) is 0 Å². The molecule has 0 aliphatic heterocycles. The minimum atomic E-state index is -1.44. The molecule has 0 saturated carbocycles. The Hall–Kier alpha value is -2.05. The molecule has 0 saturated heterocycles. The zero-order valence-electron chi connectivity index (χ0n) is 11.7. The van der Waals surface area contributed by atoms with Gasteiger partial charge >= 0.3 is 5.97 Å². The Kier molecular flexibility index (Phi) is 5.54. The highest BCUT2D eigenvalue weighted by Gasteiger charge is 2.21. The summed E-state index contributed by atoms with van der Waals surface area (Å²) in [6.45, 7) is 5.21. The van der Waals surface area contributed by atoms with E-state index in [2.05, 4.69) is 5.48 Å². The van der Waals surface area contributed by atoms with E-state index in [1.807, 2.05) is 0 Å². The summed E-state index contributed by atoms with van der Waals surface area (Å²) in [6.07, 6.45) is -0.863. The van der Waals surface area contributed by atoms with Gasteiger partial charge in [0.15, 0.2) is 0 Å². The first-order valence-electron chi connectivity index (χ1n) is 6.06. The number of aliphatic hydroxyl groups excluding tert-OH is 2. The van der Waals surface area contributed by atoms with Crippen molar-refractivity contribution in [2.45, 2.75) is 32.7 Å². The molecule has 0 bridgehead atoms. The number of nitrogens with one attached hydrogen (secondary N) is 1. The Bertz CT molecular complexity index is 464. The second-order valence-electron chi connectivity index (χ2n) is 5.02. The lowest BCUT2D eigenvalue weighted by Crippen LogP contribution is -2.34. The standard InChI is InChI=1S/C14H19NO5/c1-14(2,3)19-13(18)11(9-16)15-20-12(17)10-7-5-4-6-8-10/h4-9,13,15-16,18H,1-3H3/b11-9+. The number of hydroxylamine groups is 1. The highest BCUT2D eigenvalue weighted by molar-refractivity contribution is 5.89. The molecule has 1 aromatic carbocycles. The van der Waals surface area contributed by atoms with Crippen LogP contribution in [0.5, 0.6) is 0 Å². The third-order valence-corrected chi connectivity index (χ3v) is 2.14. The summed E-state index contributed by atoms with van der Waals surface area (Å²) in [6, 6.07) is 8.31. The molecule has 0 aromatic heterocycles. The molecule has 0 amide bonds. The van der Waals surface area contributed by atoms with Gasteiger partial charge in [-0.3, -0.25) is 0 Å². The summed E-state index contributed by atoms with van der Waals surface area (Å²) in [7, 11) is 0. The first-order valence-corrected chi connectivity index (χ1v) is 6.06. The molecule has 110 valence electrons. The quantitative estimate of drug-likeness (QED) is 0.434. The first kappa shape index (κ1) is 16.0. The van der Waals surface area contributed by atoms with Crippen molar-refractivity contribution in [2.24, 2.45) is 0 Å². The third kappa shape index (κ3) is 5.29. The molecular weight excluding hydrogens is 262 g/mol. The van der Waals surface area contributed by atoms with Gasteiger partial charge in [-0.15, -0.1) is 0 Å². The number of aliphatic hydroxyl groups is 2. The predicted molar refractivity (Wildman–Crippen MR) is 72.5 cm³/mol. The second kappa shape index (κ2) is 6.93. The van der Waals surface area contributed by atoms with Crippen LogP contribution in [-0.2, 0) is 9.57 Å². The van der Waals surface area contributed by atoms with Crippen molar-refractivity contribution >= 4 is 5.97 Å². The fourth-order valence-electron chi connectivity index (χ4n) is 1.28. The molecule has 20 heavy (non-hydrogen) atoms. The monoisotopic (exact) mass is 281 g/mol. The molecule has 1 atom stereocenters. The van der Waals surface area contributed by atoms with Crippen LogP contribution >= 0.6 is 0 Å². The molecule has 1 unspecified atom stereocenters. The van der Waals surface area contributed by atoms with E-state index in [-0.39, 0.29) is 5.70 Å². The number of rotatable bonds is 5. The van der Waals surface area contributed by atoms with E-state index in [1.165, 1.54) is 0 Å². The largest absolute Gasteiger partial charge is 0.513 e. The van der Waals surface area contributed by atoms with Gasteiger partial charge in [-0.2, -0.15) is 0 Å². The molecule has 0 aliphatic carbocycles. The van der Waals surface area contributed by atoms with Gasteiger partial charge in [0.25, 0.3) is 0 Å². The summed E-state index contributed by atoms with van der Waals surface area (Å²) in [5, 5.41) is 18.7. The van der Waals surface area contributed by atoms with Gasteiger partial charge in [-0.1, -0.05) is 18.2 Å². The van der Waals surface area contributed by atoms with Crippen molar-refractivity contribution < 1.29 is 24.6 Å². The van der Waals surface area contributed by atoms with Crippen LogP contribution in [0.4, 0.5) is 0 Å². The Morgan fingerprint density at radius 2 is 1.90 bits per heavy atom. The van der Waals surface area contributed by atoms with Crippen molar-refractivity contribution in [2.75, 3.05) is 0 Å². The van der Waals surface area contributed by atoms with Crippen LogP contribution in [0.15, 0.2) is 42.3 Å². The zero-order chi connectivity index (χ0) is 15.2. The SMILES string of the molecule is CC(C)(C)OC(O)/C(=C\O)NOC(=O)c1ccccc1. The lowest BCUT2D eigenvalue weighted by atomic mass is 10.2. The maximum Gasteiger partial charge on any atom is 0.362 e. The maximum atomic E-state index is 11.7. The molecule has 0 radical (unpaired) electrons. The topological polar surface area (TPSA) is 88.0 Å². The van der Waals surface area contributed by atoms with Crippen molar-refractivity contribution in [1.82, 2.24) is 5.48 Å². The minimum Gasteiger partial charge on any atom is -0.513 e. The highest BCUT2D eigenvalue weighted by Crippen LogP contribution is 2.13. The van der Waals surface area contributed by atoms with Gasteiger partial charge < -0.3 is 19.8 Å². The van der Waals surface area contributed by atoms with Crippen LogP contribution in [0, 0.1) is 0 Å². The van der Waals surface area contributed by atoms with Crippen molar-refractivity contribution in [3.05, 3.63) is 47.9 Å². The molecule has 3 N–H and O–H groups in total. The number of carbonyl (C=O) groups is 1. The summed E-state index contributed by atoms with van der Waals surface area (Å²) >= 11 is 0. The fourth-order valence-corrected chi connectivity index (χ4v) is 1.28. The van der Waals surface area contributed by atoms with E-state index in [4.69, 9.17) is 14.7 Å². The van der Waals surface area contributed by atoms with Crippen molar-refractivity contribution in [3.8, 4) is 0 Å². The van der Waals surface area contributed by atoms with Crippen molar-refractivity contribution in [3.63, 3.8) is 0 Å². The molecule has 0 spiro atoms. The Morgan fingerprint density at radius 3 is 2.40 bits per heavy atom. The van der Waals surface area contributed by atoms with E-state index >= 15 is 0 Å². The summed E-state index contributed by atoms with van der Waals surface area (Å²) in [4.78, 5) is 16.4. The van der Waals surface area contributed by atoms with E-state index in [9.17, 15) is 9.90 Å². The van der Waals surface area contributed by atoms with E-state index in [0.29, 0.717) is 11.8 Å². The molecule has 6 nitrogen and oxygen atoms in total. The molecule has 0 heterocycles. The Labute approximate surface area is 117 Å². The van der Waals surface area contributed by atoms with Gasteiger partial charge in [-0.05, 0) is 32.9 Å². The number of hydrogen-bond donors (Lipinski definition) is 3. The number of ether oxygens (including phenoxy) is 1. The molecule has 1 aromatic rings. The third-order valence-electron chi connectivity index (χ3n) is 2.14. The molecule has 1 rings (SSSR count). The van der Waals surface area contributed by atoms with Gasteiger partial charge in [0.2, 0.25) is 6.29 Å². The Morgan fingerprint density at radius 1 is 1.30 bits per heavy atom.